The quantitative estimate of drug-likeness (QED) is 0.765. The third-order valence-corrected chi connectivity index (χ3v) is 4.34. The van der Waals surface area contributed by atoms with E-state index >= 15 is 0 Å². The summed E-state index contributed by atoms with van der Waals surface area (Å²) in [7, 11) is 2.20. The second-order valence-corrected chi connectivity index (χ2v) is 5.63. The van der Waals surface area contributed by atoms with Gasteiger partial charge >= 0.3 is 0 Å². The number of aryl methyl sites for hydroxylation is 1. The molecular weight excluding hydrogens is 224 g/mol. The van der Waals surface area contributed by atoms with Gasteiger partial charge < -0.3 is 9.47 Å². The van der Waals surface area contributed by atoms with Crippen molar-refractivity contribution in [2.24, 2.45) is 5.92 Å². The van der Waals surface area contributed by atoms with E-state index in [1.807, 2.05) is 13.0 Å². The summed E-state index contributed by atoms with van der Waals surface area (Å²) >= 11 is 0. The second-order valence-electron chi connectivity index (χ2n) is 5.63. The van der Waals surface area contributed by atoms with Crippen molar-refractivity contribution in [2.75, 3.05) is 20.1 Å². The Kier molecular flexibility index (Phi) is 4.23. The molecule has 3 heteroatoms. The molecule has 1 aliphatic heterocycles. The lowest BCUT2D eigenvalue weighted by atomic mass is 9.94. The van der Waals surface area contributed by atoms with E-state index in [1.165, 1.54) is 38.0 Å². The first kappa shape index (κ1) is 13.3. The molecule has 1 aliphatic rings. The molecule has 2 heterocycles. The summed E-state index contributed by atoms with van der Waals surface area (Å²) in [5.74, 6) is 0.849. The number of piperidine rings is 1. The van der Waals surface area contributed by atoms with Gasteiger partial charge in [-0.05, 0) is 65.2 Å². The van der Waals surface area contributed by atoms with Gasteiger partial charge in [0.25, 0.3) is 0 Å². The molecule has 0 radical (unpaired) electrons. The van der Waals surface area contributed by atoms with Gasteiger partial charge in [0.05, 0.1) is 0 Å². The summed E-state index contributed by atoms with van der Waals surface area (Å²) in [6.07, 6.45) is 4.84. The van der Waals surface area contributed by atoms with Crippen molar-refractivity contribution in [1.29, 1.82) is 0 Å². The maximum atomic E-state index is 10.9. The zero-order valence-corrected chi connectivity index (χ0v) is 11.8. The smallest absolute Gasteiger partial charge is 0.151 e. The van der Waals surface area contributed by atoms with E-state index in [1.54, 1.807) is 0 Å². The van der Waals surface area contributed by atoms with Gasteiger partial charge in [-0.15, -0.1) is 0 Å². The number of nitrogens with zero attached hydrogens (tertiary/aromatic N) is 2. The molecule has 0 aromatic carbocycles. The molecule has 0 N–H and O–H groups in total. The van der Waals surface area contributed by atoms with Crippen molar-refractivity contribution in [3.8, 4) is 0 Å². The lowest BCUT2D eigenvalue weighted by Gasteiger charge is -2.29. The lowest BCUT2D eigenvalue weighted by Crippen LogP contribution is -2.30. The molecule has 0 saturated carbocycles. The number of carbonyl (C=O) groups excluding carboxylic acids is 1. The van der Waals surface area contributed by atoms with E-state index < -0.39 is 0 Å². The van der Waals surface area contributed by atoms with Crippen LogP contribution in [0, 0.1) is 19.8 Å². The van der Waals surface area contributed by atoms with Gasteiger partial charge in [-0.3, -0.25) is 4.79 Å². The van der Waals surface area contributed by atoms with Crippen LogP contribution >= 0.6 is 0 Å². The van der Waals surface area contributed by atoms with Crippen LogP contribution in [0.2, 0.25) is 0 Å². The van der Waals surface area contributed by atoms with Gasteiger partial charge in [-0.2, -0.15) is 0 Å². The zero-order chi connectivity index (χ0) is 13.1. The van der Waals surface area contributed by atoms with Crippen molar-refractivity contribution in [1.82, 2.24) is 9.47 Å². The molecule has 0 atom stereocenters. The fraction of sp³-hybridized carbons (Fsp3) is 0.667. The van der Waals surface area contributed by atoms with Crippen LogP contribution in [-0.4, -0.2) is 35.9 Å². The highest BCUT2D eigenvalue weighted by atomic mass is 16.1. The second kappa shape index (κ2) is 5.70. The van der Waals surface area contributed by atoms with Crippen LogP contribution < -0.4 is 0 Å². The van der Waals surface area contributed by atoms with Gasteiger partial charge in [0.15, 0.2) is 6.29 Å². The molecule has 18 heavy (non-hydrogen) atoms. The van der Waals surface area contributed by atoms with Gasteiger partial charge in [-0.1, -0.05) is 0 Å². The van der Waals surface area contributed by atoms with Crippen molar-refractivity contribution in [3.05, 3.63) is 23.0 Å². The Morgan fingerprint density at radius 2 is 2.00 bits per heavy atom. The molecule has 1 fully saturated rings. The fourth-order valence-electron chi connectivity index (χ4n) is 2.95. The van der Waals surface area contributed by atoms with Gasteiger partial charge in [0.1, 0.15) is 0 Å². The summed E-state index contributed by atoms with van der Waals surface area (Å²) in [5.41, 5.74) is 3.17. The number of hydrogen-bond acceptors (Lipinski definition) is 2. The molecule has 1 aromatic rings. The highest BCUT2D eigenvalue weighted by Crippen LogP contribution is 2.22. The molecule has 0 aliphatic carbocycles. The van der Waals surface area contributed by atoms with Gasteiger partial charge in [0.2, 0.25) is 0 Å². The summed E-state index contributed by atoms with van der Waals surface area (Å²) in [6, 6.07) is 2.00. The van der Waals surface area contributed by atoms with E-state index in [9.17, 15) is 4.79 Å². The van der Waals surface area contributed by atoms with Crippen molar-refractivity contribution >= 4 is 6.29 Å². The molecule has 3 nitrogen and oxygen atoms in total. The Hall–Kier alpha value is -1.09. The number of aromatic nitrogens is 1. The Bertz CT molecular complexity index is 414. The normalized spacial score (nSPS) is 18.2. The molecule has 0 unspecified atom stereocenters. The Morgan fingerprint density at radius 1 is 1.33 bits per heavy atom. The van der Waals surface area contributed by atoms with Crippen molar-refractivity contribution < 1.29 is 4.79 Å². The van der Waals surface area contributed by atoms with Crippen molar-refractivity contribution in [3.63, 3.8) is 0 Å². The van der Waals surface area contributed by atoms with Crippen LogP contribution in [0.3, 0.4) is 0 Å². The van der Waals surface area contributed by atoms with E-state index in [0.717, 1.165) is 30.0 Å². The van der Waals surface area contributed by atoms with Crippen LogP contribution in [0.25, 0.3) is 0 Å². The Labute approximate surface area is 110 Å². The topological polar surface area (TPSA) is 25.2 Å². The maximum absolute atomic E-state index is 10.9. The van der Waals surface area contributed by atoms with E-state index in [2.05, 4.69) is 23.4 Å². The monoisotopic (exact) mass is 248 g/mol. The van der Waals surface area contributed by atoms with Gasteiger partial charge in [-0.25, -0.2) is 0 Å². The third-order valence-electron chi connectivity index (χ3n) is 4.34. The molecule has 100 valence electrons. The minimum absolute atomic E-state index is 0.843. The minimum atomic E-state index is 0.843. The molecular formula is C15H24N2O. The predicted octanol–water partition coefficient (Wildman–Crippen LogP) is 2.65. The number of rotatable bonds is 4. The lowest BCUT2D eigenvalue weighted by molar-refractivity contribution is 0.112. The average molecular weight is 248 g/mol. The summed E-state index contributed by atoms with van der Waals surface area (Å²) in [4.78, 5) is 13.3. The average Bonchev–Trinajstić information content (AvgIpc) is 2.64. The van der Waals surface area contributed by atoms with E-state index in [-0.39, 0.29) is 0 Å². The number of aldehydes is 1. The van der Waals surface area contributed by atoms with Crippen LogP contribution in [0.4, 0.5) is 0 Å². The highest BCUT2D eigenvalue weighted by Gasteiger charge is 2.17. The minimum Gasteiger partial charge on any atom is -0.348 e. The predicted molar refractivity (Wildman–Crippen MR) is 74.1 cm³/mol. The Morgan fingerprint density at radius 3 is 2.56 bits per heavy atom. The highest BCUT2D eigenvalue weighted by molar-refractivity contribution is 5.77. The molecule has 2 rings (SSSR count). The zero-order valence-electron chi connectivity index (χ0n) is 11.8. The van der Waals surface area contributed by atoms with E-state index in [4.69, 9.17) is 0 Å². The summed E-state index contributed by atoms with van der Waals surface area (Å²) in [6.45, 7) is 7.65. The number of hydrogen-bond donors (Lipinski definition) is 0. The molecule has 0 bridgehead atoms. The maximum Gasteiger partial charge on any atom is 0.151 e. The molecule has 1 aromatic heterocycles. The standard InChI is InChI=1S/C15H24N2O/c1-12-10-15(11-18)13(2)17(12)9-6-14-4-7-16(3)8-5-14/h10-11,14H,4-9H2,1-3H3. The first-order chi connectivity index (χ1) is 8.61. The molecule has 0 amide bonds. The molecule has 0 spiro atoms. The third kappa shape index (κ3) is 2.83. The van der Waals surface area contributed by atoms with Crippen LogP contribution in [0.5, 0.6) is 0 Å². The number of carbonyl (C=O) groups is 1. The summed E-state index contributed by atoms with van der Waals surface area (Å²) in [5, 5.41) is 0. The van der Waals surface area contributed by atoms with Crippen LogP contribution in [0.15, 0.2) is 6.07 Å². The Balaban J connectivity index is 1.94. The molecule has 1 saturated heterocycles. The largest absolute Gasteiger partial charge is 0.348 e. The summed E-state index contributed by atoms with van der Waals surface area (Å²) < 4.78 is 2.29. The fourth-order valence-corrected chi connectivity index (χ4v) is 2.95. The number of likely N-dealkylation sites (tertiary alicyclic amines) is 1. The van der Waals surface area contributed by atoms with Gasteiger partial charge in [0, 0.05) is 23.5 Å². The van der Waals surface area contributed by atoms with Crippen molar-refractivity contribution in [2.45, 2.75) is 39.7 Å². The van der Waals surface area contributed by atoms with E-state index in [0.29, 0.717) is 0 Å². The first-order valence-electron chi connectivity index (χ1n) is 6.92. The first-order valence-corrected chi connectivity index (χ1v) is 6.92. The SMILES string of the molecule is Cc1cc(C=O)c(C)n1CCC1CCN(C)CC1. The van der Waals surface area contributed by atoms with Crippen LogP contribution in [0.1, 0.15) is 41.0 Å². The van der Waals surface area contributed by atoms with Crippen LogP contribution in [-0.2, 0) is 6.54 Å².